The van der Waals surface area contributed by atoms with Crippen molar-refractivity contribution in [2.45, 2.75) is 24.8 Å². The third-order valence-corrected chi connectivity index (χ3v) is 7.34. The molecule has 0 radical (unpaired) electrons. The number of sulfonamides is 1. The minimum atomic E-state index is -4.12. The van der Waals surface area contributed by atoms with Crippen LogP contribution in [0, 0.1) is 5.92 Å². The molecule has 8 nitrogen and oxygen atoms in total. The number of nitrogens with zero attached hydrogens (tertiary/aromatic N) is 1. The number of amides is 2. The van der Waals surface area contributed by atoms with Gasteiger partial charge < -0.3 is 5.32 Å². The molecule has 170 valence electrons. The molecular weight excluding hydrogens is 442 g/mol. The molecule has 0 spiro atoms. The van der Waals surface area contributed by atoms with Crippen LogP contribution < -0.4 is 15.1 Å². The van der Waals surface area contributed by atoms with Crippen LogP contribution in [0.4, 0.5) is 11.4 Å². The van der Waals surface area contributed by atoms with Gasteiger partial charge >= 0.3 is 0 Å². The van der Waals surface area contributed by atoms with Crippen molar-refractivity contribution in [3.8, 4) is 11.1 Å². The second-order valence-corrected chi connectivity index (χ2v) is 9.86. The summed E-state index contributed by atoms with van der Waals surface area (Å²) in [6, 6.07) is 19.3. The molecular formula is C24H23N3O5S. The molecule has 0 fully saturated rings. The Balaban J connectivity index is 1.81. The average Bonchev–Trinajstić information content (AvgIpc) is 2.82. The highest BCUT2D eigenvalue weighted by Crippen LogP contribution is 2.39. The smallest absolute Gasteiger partial charge is 0.274 e. The molecule has 1 aliphatic rings. The molecule has 0 bridgehead atoms. The highest BCUT2D eigenvalue weighted by Gasteiger charge is 2.42. The lowest BCUT2D eigenvalue weighted by atomic mass is 9.99. The monoisotopic (exact) mass is 465 g/mol. The van der Waals surface area contributed by atoms with Crippen molar-refractivity contribution in [3.05, 3.63) is 78.4 Å². The fourth-order valence-corrected chi connectivity index (χ4v) is 5.68. The standard InChI is InChI=1S/C24H23N3O5S/c1-15(2)22-24(29)25-20-14-18(23(28)26-30)10-13-21(20)27(22)33(31,32)19-11-8-17(9-12-19)16-6-4-3-5-7-16/h3-15,22,30H,1-2H3,(H,25,29)(H,26,28). The summed E-state index contributed by atoms with van der Waals surface area (Å²) in [7, 11) is -4.12. The zero-order valence-electron chi connectivity index (χ0n) is 18.0. The number of fused-ring (bicyclic) bond motifs is 1. The van der Waals surface area contributed by atoms with E-state index in [0.29, 0.717) is 0 Å². The Morgan fingerprint density at radius 2 is 1.64 bits per heavy atom. The summed E-state index contributed by atoms with van der Waals surface area (Å²) in [6.45, 7) is 3.54. The second-order valence-electron chi connectivity index (χ2n) is 8.04. The first-order valence-electron chi connectivity index (χ1n) is 10.3. The summed E-state index contributed by atoms with van der Waals surface area (Å²) < 4.78 is 28.6. The summed E-state index contributed by atoms with van der Waals surface area (Å²) in [5, 5.41) is 11.6. The molecule has 4 rings (SSSR count). The van der Waals surface area contributed by atoms with E-state index in [0.717, 1.165) is 15.4 Å². The van der Waals surface area contributed by atoms with Gasteiger partial charge in [0.2, 0.25) is 5.91 Å². The third-order valence-electron chi connectivity index (χ3n) is 5.53. The number of anilines is 2. The van der Waals surface area contributed by atoms with Gasteiger partial charge in [-0.3, -0.25) is 19.1 Å². The van der Waals surface area contributed by atoms with Crippen molar-refractivity contribution in [2.75, 3.05) is 9.62 Å². The first-order chi connectivity index (χ1) is 15.7. The molecule has 2 amide bonds. The quantitative estimate of drug-likeness (QED) is 0.393. The average molecular weight is 466 g/mol. The molecule has 0 aromatic heterocycles. The van der Waals surface area contributed by atoms with Gasteiger partial charge in [-0.25, -0.2) is 13.9 Å². The fraction of sp³-hybridized carbons (Fsp3) is 0.167. The predicted octanol–water partition coefficient (Wildman–Crippen LogP) is 3.64. The van der Waals surface area contributed by atoms with Crippen LogP contribution in [0.25, 0.3) is 11.1 Å². The van der Waals surface area contributed by atoms with Crippen LogP contribution in [0.15, 0.2) is 77.7 Å². The summed E-state index contributed by atoms with van der Waals surface area (Å²) in [5.74, 6) is -1.59. The maximum absolute atomic E-state index is 13.8. The van der Waals surface area contributed by atoms with Gasteiger partial charge in [-0.1, -0.05) is 56.3 Å². The van der Waals surface area contributed by atoms with Gasteiger partial charge in [0.1, 0.15) is 6.04 Å². The lowest BCUT2D eigenvalue weighted by Crippen LogP contribution is -2.53. The minimum Gasteiger partial charge on any atom is -0.322 e. The number of carbonyl (C=O) groups is 2. The molecule has 0 saturated heterocycles. The number of hydrogen-bond donors (Lipinski definition) is 3. The first-order valence-corrected chi connectivity index (χ1v) is 11.8. The molecule has 1 heterocycles. The second kappa shape index (κ2) is 8.68. The van der Waals surface area contributed by atoms with Crippen molar-refractivity contribution in [1.82, 2.24) is 5.48 Å². The van der Waals surface area contributed by atoms with Crippen LogP contribution in [-0.4, -0.2) is 31.5 Å². The van der Waals surface area contributed by atoms with Crippen LogP contribution in [-0.2, 0) is 14.8 Å². The fourth-order valence-electron chi connectivity index (χ4n) is 3.91. The van der Waals surface area contributed by atoms with Crippen LogP contribution >= 0.6 is 0 Å². The summed E-state index contributed by atoms with van der Waals surface area (Å²) in [4.78, 5) is 24.8. The third kappa shape index (κ3) is 4.08. The van der Waals surface area contributed by atoms with Gasteiger partial charge in [0.15, 0.2) is 0 Å². The number of hydroxylamine groups is 1. The lowest BCUT2D eigenvalue weighted by molar-refractivity contribution is -0.118. The molecule has 3 aromatic rings. The zero-order chi connectivity index (χ0) is 23.8. The van der Waals surface area contributed by atoms with Crippen LogP contribution in [0.1, 0.15) is 24.2 Å². The topological polar surface area (TPSA) is 116 Å². The Morgan fingerprint density at radius 1 is 1.00 bits per heavy atom. The Kier molecular flexibility index (Phi) is 5.92. The van der Waals surface area contributed by atoms with Gasteiger partial charge in [0, 0.05) is 5.56 Å². The van der Waals surface area contributed by atoms with E-state index in [4.69, 9.17) is 5.21 Å². The Labute approximate surface area is 191 Å². The summed E-state index contributed by atoms with van der Waals surface area (Å²) >= 11 is 0. The molecule has 1 atom stereocenters. The molecule has 3 N–H and O–H groups in total. The first kappa shape index (κ1) is 22.5. The largest absolute Gasteiger partial charge is 0.322 e. The Hall–Kier alpha value is -3.69. The molecule has 9 heteroatoms. The molecule has 0 saturated carbocycles. The maximum Gasteiger partial charge on any atom is 0.274 e. The van der Waals surface area contributed by atoms with E-state index in [-0.39, 0.29) is 27.8 Å². The van der Waals surface area contributed by atoms with Crippen molar-refractivity contribution >= 4 is 33.2 Å². The molecule has 1 aliphatic heterocycles. The van der Waals surface area contributed by atoms with E-state index in [9.17, 15) is 18.0 Å². The number of rotatable bonds is 5. The van der Waals surface area contributed by atoms with E-state index < -0.39 is 27.9 Å². The van der Waals surface area contributed by atoms with E-state index in [1.807, 2.05) is 30.3 Å². The minimum absolute atomic E-state index is 0.0469. The van der Waals surface area contributed by atoms with E-state index in [1.165, 1.54) is 35.8 Å². The van der Waals surface area contributed by atoms with Gasteiger partial charge in [0.25, 0.3) is 15.9 Å². The summed E-state index contributed by atoms with van der Waals surface area (Å²) in [5.41, 5.74) is 3.84. The van der Waals surface area contributed by atoms with E-state index in [2.05, 4.69) is 5.32 Å². The molecule has 3 aromatic carbocycles. The highest BCUT2D eigenvalue weighted by atomic mass is 32.2. The SMILES string of the molecule is CC(C)C1C(=O)Nc2cc(C(=O)NO)ccc2N1S(=O)(=O)c1ccc(-c2ccccc2)cc1. The van der Waals surface area contributed by atoms with Crippen LogP contribution in [0.3, 0.4) is 0 Å². The molecule has 0 aliphatic carbocycles. The van der Waals surface area contributed by atoms with Crippen molar-refractivity contribution in [1.29, 1.82) is 0 Å². The number of benzene rings is 3. The van der Waals surface area contributed by atoms with Gasteiger partial charge in [0.05, 0.1) is 16.3 Å². The normalized spacial score (nSPS) is 15.7. The number of hydrogen-bond acceptors (Lipinski definition) is 5. The zero-order valence-corrected chi connectivity index (χ0v) is 18.8. The van der Waals surface area contributed by atoms with Crippen LogP contribution in [0.2, 0.25) is 0 Å². The van der Waals surface area contributed by atoms with Gasteiger partial charge in [-0.15, -0.1) is 0 Å². The highest BCUT2D eigenvalue weighted by molar-refractivity contribution is 7.93. The molecule has 1 unspecified atom stereocenters. The maximum atomic E-state index is 13.8. The van der Waals surface area contributed by atoms with Crippen molar-refractivity contribution in [3.63, 3.8) is 0 Å². The van der Waals surface area contributed by atoms with E-state index >= 15 is 0 Å². The number of carbonyl (C=O) groups excluding carboxylic acids is 2. The summed E-state index contributed by atoms with van der Waals surface area (Å²) in [6.07, 6.45) is 0. The van der Waals surface area contributed by atoms with Crippen molar-refractivity contribution in [2.24, 2.45) is 5.92 Å². The Morgan fingerprint density at radius 3 is 2.24 bits per heavy atom. The van der Waals surface area contributed by atoms with E-state index in [1.54, 1.807) is 26.0 Å². The number of nitrogens with one attached hydrogen (secondary N) is 2. The van der Waals surface area contributed by atoms with Gasteiger partial charge in [-0.05, 0) is 47.4 Å². The lowest BCUT2D eigenvalue weighted by Gasteiger charge is -2.39. The Bertz CT molecular complexity index is 1310. The van der Waals surface area contributed by atoms with Gasteiger partial charge in [-0.2, -0.15) is 0 Å². The van der Waals surface area contributed by atoms with Crippen LogP contribution in [0.5, 0.6) is 0 Å². The van der Waals surface area contributed by atoms with Crippen molar-refractivity contribution < 1.29 is 23.2 Å². The predicted molar refractivity (Wildman–Crippen MR) is 124 cm³/mol. The molecule has 33 heavy (non-hydrogen) atoms.